The number of benzene rings is 1. The highest BCUT2D eigenvalue weighted by Gasteiger charge is 2.22. The van der Waals surface area contributed by atoms with E-state index in [-0.39, 0.29) is 24.4 Å². The van der Waals surface area contributed by atoms with Crippen molar-refractivity contribution in [2.75, 3.05) is 11.9 Å². The monoisotopic (exact) mass is 306 g/mol. The van der Waals surface area contributed by atoms with Gasteiger partial charge in [-0.3, -0.25) is 9.48 Å². The molecule has 1 aromatic heterocycles. The SMILES string of the molecule is Cl.O=C(Nc1cnn(Cc2ccccc2)c1)C1CCCN1. The smallest absolute Gasteiger partial charge is 0.241 e. The third-order valence-electron chi connectivity index (χ3n) is 3.46. The molecular formula is C15H19ClN4O. The zero-order chi connectivity index (χ0) is 13.8. The molecule has 6 heteroatoms. The molecule has 2 N–H and O–H groups in total. The predicted molar refractivity (Wildman–Crippen MR) is 84.7 cm³/mol. The van der Waals surface area contributed by atoms with Crippen molar-refractivity contribution in [2.24, 2.45) is 0 Å². The Bertz CT molecular complexity index is 578. The third kappa shape index (κ3) is 4.06. The average Bonchev–Trinajstić information content (AvgIpc) is 3.11. The van der Waals surface area contributed by atoms with Gasteiger partial charge in [-0.05, 0) is 24.9 Å². The molecule has 2 aromatic rings. The Kier molecular flexibility index (Phi) is 5.36. The van der Waals surface area contributed by atoms with E-state index >= 15 is 0 Å². The van der Waals surface area contributed by atoms with Crippen LogP contribution in [-0.4, -0.2) is 28.3 Å². The Morgan fingerprint density at radius 1 is 1.38 bits per heavy atom. The van der Waals surface area contributed by atoms with Gasteiger partial charge in [0.2, 0.25) is 5.91 Å². The molecule has 0 spiro atoms. The van der Waals surface area contributed by atoms with E-state index in [1.165, 1.54) is 5.56 Å². The predicted octanol–water partition coefficient (Wildman–Crippen LogP) is 2.04. The van der Waals surface area contributed by atoms with Crippen molar-refractivity contribution in [3.8, 4) is 0 Å². The molecule has 1 fully saturated rings. The van der Waals surface area contributed by atoms with Crippen molar-refractivity contribution >= 4 is 24.0 Å². The van der Waals surface area contributed by atoms with Crippen molar-refractivity contribution in [1.82, 2.24) is 15.1 Å². The number of nitrogens with one attached hydrogen (secondary N) is 2. The summed E-state index contributed by atoms with van der Waals surface area (Å²) >= 11 is 0. The van der Waals surface area contributed by atoms with Gasteiger partial charge in [-0.15, -0.1) is 12.4 Å². The van der Waals surface area contributed by atoms with Crippen LogP contribution in [0.25, 0.3) is 0 Å². The van der Waals surface area contributed by atoms with E-state index in [4.69, 9.17) is 0 Å². The van der Waals surface area contributed by atoms with Gasteiger partial charge in [0.25, 0.3) is 0 Å². The van der Waals surface area contributed by atoms with Gasteiger partial charge in [-0.2, -0.15) is 5.10 Å². The molecule has 1 aromatic carbocycles. The number of hydrogen-bond donors (Lipinski definition) is 2. The minimum absolute atomic E-state index is 0. The van der Waals surface area contributed by atoms with Crippen molar-refractivity contribution in [3.63, 3.8) is 0 Å². The third-order valence-corrected chi connectivity index (χ3v) is 3.46. The maximum Gasteiger partial charge on any atom is 0.241 e. The molecule has 3 rings (SSSR count). The molecule has 21 heavy (non-hydrogen) atoms. The van der Waals surface area contributed by atoms with E-state index in [1.807, 2.05) is 29.1 Å². The van der Waals surface area contributed by atoms with Crippen LogP contribution in [0.3, 0.4) is 0 Å². The van der Waals surface area contributed by atoms with Crippen LogP contribution in [0, 0.1) is 0 Å². The molecule has 0 bridgehead atoms. The first-order valence-corrected chi connectivity index (χ1v) is 6.92. The summed E-state index contributed by atoms with van der Waals surface area (Å²) in [7, 11) is 0. The van der Waals surface area contributed by atoms with Crippen LogP contribution in [0.15, 0.2) is 42.7 Å². The largest absolute Gasteiger partial charge is 0.322 e. The van der Waals surface area contributed by atoms with E-state index < -0.39 is 0 Å². The second kappa shape index (κ2) is 7.24. The van der Waals surface area contributed by atoms with E-state index in [2.05, 4.69) is 27.9 Å². The zero-order valence-electron chi connectivity index (χ0n) is 11.7. The number of nitrogens with zero attached hydrogens (tertiary/aromatic N) is 2. The summed E-state index contributed by atoms with van der Waals surface area (Å²) in [6.45, 7) is 1.63. The maximum atomic E-state index is 12.0. The van der Waals surface area contributed by atoms with Crippen LogP contribution in [-0.2, 0) is 11.3 Å². The normalized spacial score (nSPS) is 17.2. The number of anilines is 1. The zero-order valence-corrected chi connectivity index (χ0v) is 12.5. The molecule has 0 radical (unpaired) electrons. The minimum Gasteiger partial charge on any atom is -0.322 e. The number of rotatable bonds is 4. The Balaban J connectivity index is 0.00000161. The Morgan fingerprint density at radius 2 is 2.19 bits per heavy atom. The lowest BCUT2D eigenvalue weighted by atomic mass is 10.2. The number of halogens is 1. The van der Waals surface area contributed by atoms with E-state index in [0.29, 0.717) is 6.54 Å². The van der Waals surface area contributed by atoms with Crippen LogP contribution in [0.1, 0.15) is 18.4 Å². The first-order valence-electron chi connectivity index (χ1n) is 6.92. The van der Waals surface area contributed by atoms with Gasteiger partial charge in [-0.1, -0.05) is 30.3 Å². The summed E-state index contributed by atoms with van der Waals surface area (Å²) in [5, 5.41) is 10.4. The van der Waals surface area contributed by atoms with Gasteiger partial charge >= 0.3 is 0 Å². The molecule has 1 unspecified atom stereocenters. The fraction of sp³-hybridized carbons (Fsp3) is 0.333. The molecular weight excluding hydrogens is 288 g/mol. The lowest BCUT2D eigenvalue weighted by Crippen LogP contribution is -2.35. The minimum atomic E-state index is -0.0625. The Morgan fingerprint density at radius 3 is 2.90 bits per heavy atom. The Hall–Kier alpha value is -1.85. The molecule has 2 heterocycles. The first kappa shape index (κ1) is 15.5. The topological polar surface area (TPSA) is 59.0 Å². The molecule has 1 saturated heterocycles. The molecule has 1 atom stereocenters. The van der Waals surface area contributed by atoms with Crippen LogP contribution in [0.4, 0.5) is 5.69 Å². The van der Waals surface area contributed by atoms with E-state index in [0.717, 1.165) is 25.1 Å². The van der Waals surface area contributed by atoms with Gasteiger partial charge in [0.15, 0.2) is 0 Å². The molecule has 1 aliphatic heterocycles. The highest BCUT2D eigenvalue weighted by molar-refractivity contribution is 5.94. The maximum absolute atomic E-state index is 12.0. The lowest BCUT2D eigenvalue weighted by Gasteiger charge is -2.09. The van der Waals surface area contributed by atoms with Crippen molar-refractivity contribution in [1.29, 1.82) is 0 Å². The van der Waals surface area contributed by atoms with Crippen molar-refractivity contribution in [2.45, 2.75) is 25.4 Å². The van der Waals surface area contributed by atoms with Gasteiger partial charge in [0, 0.05) is 6.20 Å². The fourth-order valence-electron chi connectivity index (χ4n) is 2.42. The molecule has 1 amide bonds. The number of aromatic nitrogens is 2. The molecule has 0 aliphatic carbocycles. The molecule has 112 valence electrons. The van der Waals surface area contributed by atoms with Gasteiger partial charge < -0.3 is 10.6 Å². The quantitative estimate of drug-likeness (QED) is 0.909. The van der Waals surface area contributed by atoms with Crippen molar-refractivity contribution in [3.05, 3.63) is 48.3 Å². The number of hydrogen-bond acceptors (Lipinski definition) is 3. The van der Waals surface area contributed by atoms with Crippen molar-refractivity contribution < 1.29 is 4.79 Å². The average molecular weight is 307 g/mol. The number of carbonyl (C=O) groups is 1. The summed E-state index contributed by atoms with van der Waals surface area (Å²) < 4.78 is 1.83. The Labute approximate surface area is 130 Å². The van der Waals surface area contributed by atoms with Crippen LogP contribution in [0.2, 0.25) is 0 Å². The molecule has 5 nitrogen and oxygen atoms in total. The van der Waals surface area contributed by atoms with Crippen LogP contribution in [0.5, 0.6) is 0 Å². The highest BCUT2D eigenvalue weighted by Crippen LogP contribution is 2.11. The summed E-state index contributed by atoms with van der Waals surface area (Å²) in [5.41, 5.74) is 1.94. The van der Waals surface area contributed by atoms with Crippen LogP contribution < -0.4 is 10.6 Å². The highest BCUT2D eigenvalue weighted by atomic mass is 35.5. The standard InChI is InChI=1S/C15H18N4O.ClH/c20-15(14-7-4-8-16-14)18-13-9-17-19(11-13)10-12-5-2-1-3-6-12;/h1-3,5-6,9,11,14,16H,4,7-8,10H2,(H,18,20);1H. The summed E-state index contributed by atoms with van der Waals surface area (Å²) in [5.74, 6) is 0.0294. The lowest BCUT2D eigenvalue weighted by molar-refractivity contribution is -0.117. The second-order valence-electron chi connectivity index (χ2n) is 5.05. The van der Waals surface area contributed by atoms with Gasteiger partial charge in [0.05, 0.1) is 24.5 Å². The number of amides is 1. The molecule has 1 aliphatic rings. The summed E-state index contributed by atoms with van der Waals surface area (Å²) in [6, 6.07) is 10.1. The summed E-state index contributed by atoms with van der Waals surface area (Å²) in [4.78, 5) is 12.0. The molecule has 0 saturated carbocycles. The van der Waals surface area contributed by atoms with Gasteiger partial charge in [-0.25, -0.2) is 0 Å². The second-order valence-corrected chi connectivity index (χ2v) is 5.05. The summed E-state index contributed by atoms with van der Waals surface area (Å²) in [6.07, 6.45) is 5.52. The van der Waals surface area contributed by atoms with Gasteiger partial charge in [0.1, 0.15) is 0 Å². The number of carbonyl (C=O) groups excluding carboxylic acids is 1. The first-order chi connectivity index (χ1) is 9.81. The van der Waals surface area contributed by atoms with E-state index in [1.54, 1.807) is 6.20 Å². The van der Waals surface area contributed by atoms with Crippen LogP contribution >= 0.6 is 12.4 Å². The van der Waals surface area contributed by atoms with E-state index in [9.17, 15) is 4.79 Å². The fourth-order valence-corrected chi connectivity index (χ4v) is 2.42.